The normalized spacial score (nSPS) is 20.1. The fraction of sp³-hybridized carbons (Fsp3) is 0.450. The fourth-order valence-electron chi connectivity index (χ4n) is 3.51. The first-order valence-corrected chi connectivity index (χ1v) is 8.87. The summed E-state index contributed by atoms with van der Waals surface area (Å²) in [4.78, 5) is 4.33. The van der Waals surface area contributed by atoms with E-state index in [4.69, 9.17) is 5.73 Å². The summed E-state index contributed by atoms with van der Waals surface area (Å²) >= 11 is 0. The van der Waals surface area contributed by atoms with Crippen LogP contribution in [0.3, 0.4) is 0 Å². The van der Waals surface area contributed by atoms with Gasteiger partial charge < -0.3 is 11.1 Å². The van der Waals surface area contributed by atoms with Crippen LogP contribution in [-0.4, -0.2) is 23.7 Å². The zero-order valence-corrected chi connectivity index (χ0v) is 14.6. The van der Waals surface area contributed by atoms with E-state index < -0.39 is 6.17 Å². The van der Waals surface area contributed by atoms with Crippen LogP contribution in [0.5, 0.6) is 0 Å². The Bertz CT molecular complexity index is 713. The van der Waals surface area contributed by atoms with E-state index in [0.29, 0.717) is 18.8 Å². The lowest BCUT2D eigenvalue weighted by Gasteiger charge is -2.11. The van der Waals surface area contributed by atoms with E-state index in [0.717, 1.165) is 48.1 Å². The number of anilines is 1. The topological polar surface area (TPSA) is 50.9 Å². The van der Waals surface area contributed by atoms with Gasteiger partial charge in [-0.15, -0.1) is 0 Å². The van der Waals surface area contributed by atoms with E-state index in [-0.39, 0.29) is 11.9 Å². The van der Waals surface area contributed by atoms with Crippen LogP contribution >= 0.6 is 0 Å². The minimum Gasteiger partial charge on any atom is -0.384 e. The van der Waals surface area contributed by atoms with Crippen molar-refractivity contribution in [2.45, 2.75) is 51.2 Å². The summed E-state index contributed by atoms with van der Waals surface area (Å²) < 4.78 is 27.1. The van der Waals surface area contributed by atoms with Gasteiger partial charge in [0.1, 0.15) is 17.8 Å². The number of pyridine rings is 1. The summed E-state index contributed by atoms with van der Waals surface area (Å²) in [7, 11) is 0. The number of rotatable bonds is 6. The maximum atomic E-state index is 13.9. The molecule has 3 nitrogen and oxygen atoms in total. The molecule has 0 saturated carbocycles. The van der Waals surface area contributed by atoms with Gasteiger partial charge in [0.15, 0.2) is 0 Å². The minimum atomic E-state index is -0.748. The maximum Gasteiger partial charge on any atom is 0.123 e. The van der Waals surface area contributed by atoms with Gasteiger partial charge in [0.05, 0.1) is 0 Å². The summed E-state index contributed by atoms with van der Waals surface area (Å²) in [5.74, 6) is 0.303. The lowest BCUT2D eigenvalue weighted by Crippen LogP contribution is -2.21. The third kappa shape index (κ3) is 5.23. The molecule has 0 radical (unpaired) electrons. The number of halogens is 2. The first-order valence-electron chi connectivity index (χ1n) is 8.87. The van der Waals surface area contributed by atoms with Crippen LogP contribution in [0.4, 0.5) is 14.6 Å². The number of hydrogen-bond acceptors (Lipinski definition) is 3. The first-order chi connectivity index (χ1) is 12.0. The van der Waals surface area contributed by atoms with Gasteiger partial charge in [0, 0.05) is 18.3 Å². The van der Waals surface area contributed by atoms with Crippen LogP contribution in [0, 0.1) is 12.7 Å². The van der Waals surface area contributed by atoms with Crippen molar-refractivity contribution in [3.05, 3.63) is 58.5 Å². The zero-order valence-electron chi connectivity index (χ0n) is 14.6. The average molecular weight is 345 g/mol. The standard InChI is InChI=1S/C20H25F2N3/c1-13-6-19(25-20(23)7-13)5-3-15-8-14(9-16(21)10-15)2-4-18-11-17(22)12-24-18/h6-10,17-18,24H,2-5,11-12H2,1H3,(H2,23,25)/t17-,18+/m0/s1. The summed E-state index contributed by atoms with van der Waals surface area (Å²) in [5.41, 5.74) is 9.71. The Morgan fingerprint density at radius 2 is 1.88 bits per heavy atom. The number of aryl methyl sites for hydroxylation is 4. The lowest BCUT2D eigenvalue weighted by atomic mass is 9.99. The third-order valence-electron chi connectivity index (χ3n) is 4.68. The summed E-state index contributed by atoms with van der Waals surface area (Å²) in [6.07, 6.45) is 2.84. The molecule has 1 aromatic heterocycles. The molecule has 1 aromatic carbocycles. The molecule has 2 atom stereocenters. The van der Waals surface area contributed by atoms with E-state index in [9.17, 15) is 8.78 Å². The molecule has 5 heteroatoms. The van der Waals surface area contributed by atoms with Gasteiger partial charge in [-0.3, -0.25) is 0 Å². The molecule has 2 aromatic rings. The van der Waals surface area contributed by atoms with E-state index in [1.165, 1.54) is 0 Å². The van der Waals surface area contributed by atoms with Gasteiger partial charge >= 0.3 is 0 Å². The molecule has 0 aliphatic carbocycles. The molecular weight excluding hydrogens is 320 g/mol. The van der Waals surface area contributed by atoms with Crippen LogP contribution in [0.2, 0.25) is 0 Å². The van der Waals surface area contributed by atoms with Crippen molar-refractivity contribution in [1.82, 2.24) is 10.3 Å². The van der Waals surface area contributed by atoms with E-state index >= 15 is 0 Å². The van der Waals surface area contributed by atoms with Gasteiger partial charge in [0.2, 0.25) is 0 Å². The number of alkyl halides is 1. The van der Waals surface area contributed by atoms with Crippen molar-refractivity contribution in [1.29, 1.82) is 0 Å². The zero-order chi connectivity index (χ0) is 17.8. The Labute approximate surface area is 147 Å². The monoisotopic (exact) mass is 345 g/mol. The van der Waals surface area contributed by atoms with Crippen LogP contribution in [-0.2, 0) is 19.3 Å². The molecule has 0 unspecified atom stereocenters. The average Bonchev–Trinajstić information content (AvgIpc) is 2.95. The second kappa shape index (κ2) is 7.91. The highest BCUT2D eigenvalue weighted by molar-refractivity contribution is 5.34. The van der Waals surface area contributed by atoms with Crippen molar-refractivity contribution in [3.63, 3.8) is 0 Å². The van der Waals surface area contributed by atoms with Gasteiger partial charge in [0.25, 0.3) is 0 Å². The van der Waals surface area contributed by atoms with Crippen molar-refractivity contribution in [2.75, 3.05) is 12.3 Å². The molecule has 1 fully saturated rings. The molecule has 25 heavy (non-hydrogen) atoms. The molecule has 3 N–H and O–H groups in total. The number of nitrogens with two attached hydrogens (primary N) is 1. The number of nitrogen functional groups attached to an aromatic ring is 1. The first kappa shape index (κ1) is 17.8. The van der Waals surface area contributed by atoms with E-state index in [1.54, 1.807) is 12.1 Å². The number of aromatic nitrogens is 1. The van der Waals surface area contributed by atoms with Gasteiger partial charge in [-0.25, -0.2) is 13.8 Å². The molecule has 0 bridgehead atoms. The number of nitrogens with one attached hydrogen (secondary N) is 1. The van der Waals surface area contributed by atoms with Crippen molar-refractivity contribution >= 4 is 5.82 Å². The quantitative estimate of drug-likeness (QED) is 0.842. The Hall–Kier alpha value is -2.01. The second-order valence-corrected chi connectivity index (χ2v) is 7.01. The van der Waals surface area contributed by atoms with Gasteiger partial charge in [-0.1, -0.05) is 6.07 Å². The lowest BCUT2D eigenvalue weighted by molar-refractivity contribution is 0.353. The second-order valence-electron chi connectivity index (χ2n) is 7.01. The van der Waals surface area contributed by atoms with Gasteiger partial charge in [-0.2, -0.15) is 0 Å². The Balaban J connectivity index is 1.60. The molecule has 2 heterocycles. The summed E-state index contributed by atoms with van der Waals surface area (Å²) in [5, 5.41) is 3.17. The highest BCUT2D eigenvalue weighted by atomic mass is 19.1. The molecule has 1 aliphatic rings. The number of benzene rings is 1. The predicted octanol–water partition coefficient (Wildman–Crippen LogP) is 3.53. The molecular formula is C20H25F2N3. The molecule has 3 rings (SSSR count). The molecule has 1 aliphatic heterocycles. The Morgan fingerprint density at radius 3 is 2.56 bits per heavy atom. The Kier molecular flexibility index (Phi) is 5.63. The molecule has 134 valence electrons. The molecule has 1 saturated heterocycles. The SMILES string of the molecule is Cc1cc(N)nc(CCc2cc(F)cc(CC[C@@H]3C[C@H](F)CN3)c2)c1. The van der Waals surface area contributed by atoms with Crippen LogP contribution in [0.15, 0.2) is 30.3 Å². The fourth-order valence-corrected chi connectivity index (χ4v) is 3.51. The van der Waals surface area contributed by atoms with Gasteiger partial charge in [-0.05, 0) is 80.0 Å². The van der Waals surface area contributed by atoms with Crippen LogP contribution < -0.4 is 11.1 Å². The predicted molar refractivity (Wildman–Crippen MR) is 96.8 cm³/mol. The van der Waals surface area contributed by atoms with E-state index in [1.807, 2.05) is 25.1 Å². The number of hydrogen-bond donors (Lipinski definition) is 2. The minimum absolute atomic E-state index is 0.196. The van der Waals surface area contributed by atoms with E-state index in [2.05, 4.69) is 10.3 Å². The maximum absolute atomic E-state index is 13.9. The summed E-state index contributed by atoms with van der Waals surface area (Å²) in [6, 6.07) is 9.24. The smallest absolute Gasteiger partial charge is 0.123 e. The highest BCUT2D eigenvalue weighted by Crippen LogP contribution is 2.18. The van der Waals surface area contributed by atoms with Crippen molar-refractivity contribution < 1.29 is 8.78 Å². The third-order valence-corrected chi connectivity index (χ3v) is 4.68. The molecule has 0 amide bonds. The Morgan fingerprint density at radius 1 is 1.12 bits per heavy atom. The van der Waals surface area contributed by atoms with Crippen molar-refractivity contribution in [3.8, 4) is 0 Å². The summed E-state index contributed by atoms with van der Waals surface area (Å²) in [6.45, 7) is 2.42. The number of nitrogens with zero attached hydrogens (tertiary/aromatic N) is 1. The highest BCUT2D eigenvalue weighted by Gasteiger charge is 2.22. The van der Waals surface area contributed by atoms with Crippen LogP contribution in [0.1, 0.15) is 35.2 Å². The molecule has 0 spiro atoms. The largest absolute Gasteiger partial charge is 0.384 e. The van der Waals surface area contributed by atoms with Crippen LogP contribution in [0.25, 0.3) is 0 Å². The van der Waals surface area contributed by atoms with Crippen molar-refractivity contribution in [2.24, 2.45) is 0 Å².